The molecule has 0 saturated carbocycles. The standard InChI is InChI=1S/C16H18O5/c1-3-4-5-6-9-20-11-7-8-12-13(10-11)21-16(18)14(17)15(12)19-2/h4-5,7-8,10,17H,3,6,9H2,1-2H3/b5-4+. The van der Waals surface area contributed by atoms with E-state index in [9.17, 15) is 9.90 Å². The minimum Gasteiger partial charge on any atom is -0.499 e. The number of hydrogen-bond donors (Lipinski definition) is 1. The summed E-state index contributed by atoms with van der Waals surface area (Å²) in [5.41, 5.74) is -0.515. The molecular weight excluding hydrogens is 272 g/mol. The fourth-order valence-corrected chi connectivity index (χ4v) is 1.97. The van der Waals surface area contributed by atoms with Crippen molar-refractivity contribution in [1.29, 1.82) is 0 Å². The largest absolute Gasteiger partial charge is 0.499 e. The summed E-state index contributed by atoms with van der Waals surface area (Å²) < 4.78 is 15.7. The number of allylic oxidation sites excluding steroid dienone is 1. The summed E-state index contributed by atoms with van der Waals surface area (Å²) in [4.78, 5) is 11.5. The van der Waals surface area contributed by atoms with Crippen molar-refractivity contribution in [1.82, 2.24) is 0 Å². The zero-order chi connectivity index (χ0) is 15.2. The Balaban J connectivity index is 2.24. The molecular formula is C16H18O5. The second-order valence-corrected chi connectivity index (χ2v) is 4.45. The highest BCUT2D eigenvalue weighted by atomic mass is 16.5. The molecule has 0 aliphatic heterocycles. The van der Waals surface area contributed by atoms with Gasteiger partial charge < -0.3 is 19.0 Å². The second-order valence-electron chi connectivity index (χ2n) is 4.45. The van der Waals surface area contributed by atoms with E-state index >= 15 is 0 Å². The van der Waals surface area contributed by atoms with E-state index in [1.165, 1.54) is 7.11 Å². The van der Waals surface area contributed by atoms with Crippen molar-refractivity contribution in [3.8, 4) is 17.2 Å². The molecule has 0 bridgehead atoms. The number of ether oxygens (including phenoxy) is 2. The average Bonchev–Trinajstić information content (AvgIpc) is 2.48. The topological polar surface area (TPSA) is 68.9 Å². The van der Waals surface area contributed by atoms with E-state index in [-0.39, 0.29) is 5.75 Å². The van der Waals surface area contributed by atoms with Crippen LogP contribution in [0.25, 0.3) is 11.0 Å². The van der Waals surface area contributed by atoms with Crippen LogP contribution in [0.1, 0.15) is 19.8 Å². The molecule has 1 heterocycles. The first-order valence-corrected chi connectivity index (χ1v) is 6.79. The lowest BCUT2D eigenvalue weighted by molar-refractivity contribution is 0.324. The fraction of sp³-hybridized carbons (Fsp3) is 0.312. The second kappa shape index (κ2) is 6.83. The van der Waals surface area contributed by atoms with Crippen molar-refractivity contribution < 1.29 is 19.0 Å². The number of aromatic hydroxyl groups is 1. The van der Waals surface area contributed by atoms with Crippen molar-refractivity contribution in [2.45, 2.75) is 19.8 Å². The normalized spacial score (nSPS) is 11.1. The molecule has 2 aromatic rings. The number of fused-ring (bicyclic) bond motifs is 1. The highest BCUT2D eigenvalue weighted by molar-refractivity contribution is 5.86. The Morgan fingerprint density at radius 1 is 1.33 bits per heavy atom. The van der Waals surface area contributed by atoms with Gasteiger partial charge in [-0.15, -0.1) is 0 Å². The SMILES string of the molecule is CC/C=C/CCOc1ccc2c(OC)c(O)c(=O)oc2c1. The maximum Gasteiger partial charge on any atom is 0.382 e. The zero-order valence-corrected chi connectivity index (χ0v) is 12.1. The summed E-state index contributed by atoms with van der Waals surface area (Å²) >= 11 is 0. The highest BCUT2D eigenvalue weighted by Crippen LogP contribution is 2.33. The maximum absolute atomic E-state index is 11.5. The summed E-state index contributed by atoms with van der Waals surface area (Å²) in [5, 5.41) is 10.1. The van der Waals surface area contributed by atoms with E-state index in [2.05, 4.69) is 19.1 Å². The third-order valence-electron chi connectivity index (χ3n) is 2.97. The monoisotopic (exact) mass is 290 g/mol. The molecule has 112 valence electrons. The van der Waals surface area contributed by atoms with Gasteiger partial charge in [-0.1, -0.05) is 19.1 Å². The van der Waals surface area contributed by atoms with Gasteiger partial charge in [0, 0.05) is 6.07 Å². The quantitative estimate of drug-likeness (QED) is 0.502. The van der Waals surface area contributed by atoms with Gasteiger partial charge >= 0.3 is 5.63 Å². The minimum atomic E-state index is -0.831. The molecule has 0 saturated heterocycles. The number of hydrogen-bond acceptors (Lipinski definition) is 5. The van der Waals surface area contributed by atoms with Crippen molar-refractivity contribution in [3.63, 3.8) is 0 Å². The molecule has 1 N–H and O–H groups in total. The van der Waals surface area contributed by atoms with Crippen molar-refractivity contribution in [2.24, 2.45) is 0 Å². The van der Waals surface area contributed by atoms with E-state index < -0.39 is 11.4 Å². The van der Waals surface area contributed by atoms with Crippen molar-refractivity contribution in [3.05, 3.63) is 40.8 Å². The predicted molar refractivity (Wildman–Crippen MR) is 80.2 cm³/mol. The van der Waals surface area contributed by atoms with Gasteiger partial charge in [-0.05, 0) is 25.0 Å². The minimum absolute atomic E-state index is 0.110. The first kappa shape index (κ1) is 15.0. The van der Waals surface area contributed by atoms with Crippen LogP contribution in [0.4, 0.5) is 0 Å². The highest BCUT2D eigenvalue weighted by Gasteiger charge is 2.14. The van der Waals surface area contributed by atoms with Gasteiger partial charge in [-0.3, -0.25) is 0 Å². The third kappa shape index (κ3) is 3.37. The molecule has 0 spiro atoms. The summed E-state index contributed by atoms with van der Waals surface area (Å²) in [5.74, 6) is 0.186. The molecule has 1 aromatic carbocycles. The molecule has 0 unspecified atom stereocenters. The summed E-state index contributed by atoms with van der Waals surface area (Å²) in [6, 6.07) is 5.05. The van der Waals surface area contributed by atoms with Crippen LogP contribution in [0.15, 0.2) is 39.6 Å². The van der Waals surface area contributed by atoms with Crippen LogP contribution in [0, 0.1) is 0 Å². The van der Waals surface area contributed by atoms with Crippen LogP contribution < -0.4 is 15.1 Å². The Bertz CT molecular complexity index is 700. The van der Waals surface area contributed by atoms with Gasteiger partial charge in [0.05, 0.1) is 19.1 Å². The van der Waals surface area contributed by atoms with Crippen LogP contribution in [0.3, 0.4) is 0 Å². The summed E-state index contributed by atoms with van der Waals surface area (Å²) in [7, 11) is 1.39. The molecule has 0 aliphatic carbocycles. The molecule has 2 rings (SSSR count). The molecule has 0 aliphatic rings. The Kier molecular flexibility index (Phi) is 4.87. The van der Waals surface area contributed by atoms with Gasteiger partial charge in [0.15, 0.2) is 5.75 Å². The van der Waals surface area contributed by atoms with Gasteiger partial charge in [-0.25, -0.2) is 4.79 Å². The lowest BCUT2D eigenvalue weighted by Crippen LogP contribution is -2.02. The van der Waals surface area contributed by atoms with Crippen molar-refractivity contribution in [2.75, 3.05) is 13.7 Å². The van der Waals surface area contributed by atoms with E-state index in [0.29, 0.717) is 23.3 Å². The van der Waals surface area contributed by atoms with Gasteiger partial charge in [-0.2, -0.15) is 0 Å². The Morgan fingerprint density at radius 3 is 2.86 bits per heavy atom. The molecule has 1 aromatic heterocycles. The third-order valence-corrected chi connectivity index (χ3v) is 2.97. The number of methoxy groups -OCH3 is 1. The molecule has 5 nitrogen and oxygen atoms in total. The first-order valence-electron chi connectivity index (χ1n) is 6.79. The molecule has 5 heteroatoms. The number of rotatable bonds is 6. The average molecular weight is 290 g/mol. The van der Waals surface area contributed by atoms with E-state index in [1.54, 1.807) is 18.2 Å². The first-order chi connectivity index (χ1) is 10.2. The molecule has 0 fully saturated rings. The molecule has 0 amide bonds. The van der Waals surface area contributed by atoms with Crippen LogP contribution in [0.2, 0.25) is 0 Å². The van der Waals surface area contributed by atoms with E-state index in [0.717, 1.165) is 12.8 Å². The lowest BCUT2D eigenvalue weighted by atomic mass is 10.2. The Labute approximate surface area is 122 Å². The zero-order valence-electron chi connectivity index (χ0n) is 12.1. The van der Waals surface area contributed by atoms with Gasteiger partial charge in [0.2, 0.25) is 5.75 Å². The fourth-order valence-electron chi connectivity index (χ4n) is 1.97. The van der Waals surface area contributed by atoms with Gasteiger partial charge in [0.25, 0.3) is 0 Å². The van der Waals surface area contributed by atoms with Crippen molar-refractivity contribution >= 4 is 11.0 Å². The summed E-state index contributed by atoms with van der Waals surface area (Å²) in [6.07, 6.45) is 5.96. The summed E-state index contributed by atoms with van der Waals surface area (Å²) in [6.45, 7) is 2.62. The molecule has 0 atom stereocenters. The predicted octanol–water partition coefficient (Wildman–Crippen LogP) is 3.24. The van der Waals surface area contributed by atoms with Crippen LogP contribution in [-0.2, 0) is 0 Å². The van der Waals surface area contributed by atoms with Crippen LogP contribution in [-0.4, -0.2) is 18.8 Å². The van der Waals surface area contributed by atoms with Crippen LogP contribution >= 0.6 is 0 Å². The maximum atomic E-state index is 11.5. The smallest absolute Gasteiger partial charge is 0.382 e. The Hall–Kier alpha value is -2.43. The van der Waals surface area contributed by atoms with E-state index in [1.807, 2.05) is 0 Å². The lowest BCUT2D eigenvalue weighted by Gasteiger charge is -2.08. The van der Waals surface area contributed by atoms with E-state index in [4.69, 9.17) is 13.9 Å². The molecule has 0 radical (unpaired) electrons. The van der Waals surface area contributed by atoms with Crippen LogP contribution in [0.5, 0.6) is 17.2 Å². The molecule has 21 heavy (non-hydrogen) atoms. The van der Waals surface area contributed by atoms with Gasteiger partial charge in [0.1, 0.15) is 11.3 Å². The Morgan fingerprint density at radius 2 is 2.14 bits per heavy atom. The number of benzene rings is 1.